The van der Waals surface area contributed by atoms with Crippen molar-refractivity contribution in [1.82, 2.24) is 9.55 Å². The summed E-state index contributed by atoms with van der Waals surface area (Å²) < 4.78 is 2.14. The number of imidazole rings is 1. The van der Waals surface area contributed by atoms with Gasteiger partial charge in [-0.2, -0.15) is 0 Å². The third kappa shape index (κ3) is 2.17. The van der Waals surface area contributed by atoms with Crippen LogP contribution in [0.5, 0.6) is 5.75 Å². The Kier molecular flexibility index (Phi) is 2.91. The van der Waals surface area contributed by atoms with E-state index in [-0.39, 0.29) is 5.75 Å². The molecule has 1 aliphatic rings. The van der Waals surface area contributed by atoms with Gasteiger partial charge in [0.25, 0.3) is 0 Å². The van der Waals surface area contributed by atoms with E-state index in [1.54, 1.807) is 19.1 Å². The molecule has 0 radical (unpaired) electrons. The molecule has 1 aromatic heterocycles. The molecule has 0 bridgehead atoms. The number of rotatable bonds is 2. The first-order valence-corrected chi connectivity index (χ1v) is 6.41. The Labute approximate surface area is 111 Å². The first kappa shape index (κ1) is 12.0. The molecule has 2 heterocycles. The average molecular weight is 259 g/mol. The molecule has 0 spiro atoms. The summed E-state index contributed by atoms with van der Waals surface area (Å²) in [5.74, 6) is 1.17. The fraction of sp³-hybridized carbons (Fsp3) is 0.357. The van der Waals surface area contributed by atoms with Crippen LogP contribution in [-0.2, 0) is 13.1 Å². The maximum absolute atomic E-state index is 9.94. The number of benzene rings is 1. The Balaban J connectivity index is 1.86. The molecule has 0 saturated carbocycles. The van der Waals surface area contributed by atoms with E-state index in [1.165, 1.54) is 0 Å². The lowest BCUT2D eigenvalue weighted by Crippen LogP contribution is -2.33. The zero-order valence-electron chi connectivity index (χ0n) is 10.8. The second-order valence-electron chi connectivity index (χ2n) is 4.88. The van der Waals surface area contributed by atoms with Gasteiger partial charge in [-0.1, -0.05) is 6.07 Å². The Morgan fingerprint density at radius 1 is 1.32 bits per heavy atom. The number of anilines is 1. The molecule has 2 N–H and O–H groups in total. The number of aromatic hydroxyl groups is 1. The van der Waals surface area contributed by atoms with Crippen molar-refractivity contribution in [3.63, 3.8) is 0 Å². The van der Waals surface area contributed by atoms with Crippen LogP contribution in [0.3, 0.4) is 0 Å². The monoisotopic (exact) mass is 259 g/mol. The molecule has 1 aliphatic heterocycles. The summed E-state index contributed by atoms with van der Waals surface area (Å²) in [5.41, 5.74) is 1.51. The van der Waals surface area contributed by atoms with Gasteiger partial charge in [-0.3, -0.25) is 0 Å². The quantitative estimate of drug-likeness (QED) is 0.861. The number of aliphatic hydroxyl groups is 1. The molecule has 100 valence electrons. The predicted molar refractivity (Wildman–Crippen MR) is 72.0 cm³/mol. The topological polar surface area (TPSA) is 61.5 Å². The van der Waals surface area contributed by atoms with Gasteiger partial charge in [-0.25, -0.2) is 4.98 Å². The number of phenols is 1. The highest BCUT2D eigenvalue weighted by Crippen LogP contribution is 2.30. The molecule has 3 rings (SSSR count). The molecule has 19 heavy (non-hydrogen) atoms. The van der Waals surface area contributed by atoms with E-state index in [0.717, 1.165) is 31.1 Å². The zero-order chi connectivity index (χ0) is 13.4. The third-order valence-corrected chi connectivity index (χ3v) is 3.57. The fourth-order valence-electron chi connectivity index (χ4n) is 2.48. The van der Waals surface area contributed by atoms with Crippen molar-refractivity contribution in [2.24, 2.45) is 0 Å². The van der Waals surface area contributed by atoms with Crippen LogP contribution in [0.1, 0.15) is 24.4 Å². The minimum Gasteiger partial charge on any atom is -0.507 e. The van der Waals surface area contributed by atoms with Crippen molar-refractivity contribution in [1.29, 1.82) is 0 Å². The molecule has 1 unspecified atom stereocenters. The maximum Gasteiger partial charge on any atom is 0.128 e. The van der Waals surface area contributed by atoms with E-state index >= 15 is 0 Å². The molecule has 5 heteroatoms. The number of hydrogen-bond acceptors (Lipinski definition) is 4. The Morgan fingerprint density at radius 2 is 2.16 bits per heavy atom. The van der Waals surface area contributed by atoms with Gasteiger partial charge in [0.15, 0.2) is 0 Å². The van der Waals surface area contributed by atoms with Crippen molar-refractivity contribution in [2.75, 3.05) is 11.4 Å². The maximum atomic E-state index is 9.94. The minimum absolute atomic E-state index is 0.140. The van der Waals surface area contributed by atoms with Gasteiger partial charge in [0.1, 0.15) is 11.6 Å². The molecule has 0 aliphatic carbocycles. The summed E-state index contributed by atoms with van der Waals surface area (Å²) in [5, 5.41) is 19.5. The number of fused-ring (bicyclic) bond motifs is 1. The molecule has 0 fully saturated rings. The highest BCUT2D eigenvalue weighted by Gasteiger charge is 2.18. The minimum atomic E-state index is -0.658. The number of aliphatic hydroxyl groups excluding tert-OH is 1. The summed E-state index contributed by atoms with van der Waals surface area (Å²) in [6, 6.07) is 5.41. The summed E-state index contributed by atoms with van der Waals surface area (Å²) in [6.45, 7) is 4.16. The van der Waals surface area contributed by atoms with E-state index in [9.17, 15) is 10.2 Å². The van der Waals surface area contributed by atoms with Gasteiger partial charge in [-0.15, -0.1) is 0 Å². The normalized spacial score (nSPS) is 16.2. The van der Waals surface area contributed by atoms with Crippen molar-refractivity contribution in [3.8, 4) is 5.75 Å². The van der Waals surface area contributed by atoms with Crippen molar-refractivity contribution >= 4 is 5.69 Å². The largest absolute Gasteiger partial charge is 0.507 e. The number of nitrogens with zero attached hydrogens (tertiary/aromatic N) is 3. The van der Waals surface area contributed by atoms with Gasteiger partial charge in [0.2, 0.25) is 0 Å². The Morgan fingerprint density at radius 3 is 2.89 bits per heavy atom. The van der Waals surface area contributed by atoms with Crippen LogP contribution >= 0.6 is 0 Å². The Hall–Kier alpha value is -2.01. The van der Waals surface area contributed by atoms with Crippen molar-refractivity contribution < 1.29 is 10.2 Å². The smallest absolute Gasteiger partial charge is 0.128 e. The van der Waals surface area contributed by atoms with Crippen LogP contribution in [-0.4, -0.2) is 26.3 Å². The van der Waals surface area contributed by atoms with Crippen LogP contribution in [0.4, 0.5) is 5.69 Å². The zero-order valence-corrected chi connectivity index (χ0v) is 10.8. The fourth-order valence-corrected chi connectivity index (χ4v) is 2.48. The molecule has 1 aromatic carbocycles. The molecule has 2 aromatic rings. The standard InChI is InChI=1S/C14H17N3O2/c1-10(18)12-3-2-11(8-13(12)19)17-7-6-16-5-4-15-14(16)9-17/h2-5,8,10,18-19H,6-7,9H2,1H3. The molecule has 1 atom stereocenters. The molecular formula is C14H17N3O2. The lowest BCUT2D eigenvalue weighted by atomic mass is 10.1. The van der Waals surface area contributed by atoms with E-state index in [2.05, 4.69) is 14.5 Å². The molecular weight excluding hydrogens is 242 g/mol. The van der Waals surface area contributed by atoms with Crippen molar-refractivity contribution in [3.05, 3.63) is 42.0 Å². The van der Waals surface area contributed by atoms with Crippen LogP contribution in [0.2, 0.25) is 0 Å². The van der Waals surface area contributed by atoms with Gasteiger partial charge in [0, 0.05) is 42.8 Å². The average Bonchev–Trinajstić information content (AvgIpc) is 2.85. The van der Waals surface area contributed by atoms with Crippen LogP contribution in [0.25, 0.3) is 0 Å². The van der Waals surface area contributed by atoms with Gasteiger partial charge < -0.3 is 19.7 Å². The van der Waals surface area contributed by atoms with E-state index < -0.39 is 6.10 Å². The third-order valence-electron chi connectivity index (χ3n) is 3.57. The van der Waals surface area contributed by atoms with E-state index in [4.69, 9.17) is 0 Å². The predicted octanol–water partition coefficient (Wildman–Crippen LogP) is 1.66. The lowest BCUT2D eigenvalue weighted by molar-refractivity contribution is 0.195. The second kappa shape index (κ2) is 4.59. The molecule has 5 nitrogen and oxygen atoms in total. The number of phenolic OH excluding ortho intramolecular Hbond substituents is 1. The summed E-state index contributed by atoms with van der Waals surface area (Å²) >= 11 is 0. The summed E-state index contributed by atoms with van der Waals surface area (Å²) in [7, 11) is 0. The van der Waals surface area contributed by atoms with Gasteiger partial charge in [-0.05, 0) is 13.0 Å². The number of hydrogen-bond donors (Lipinski definition) is 2. The highest BCUT2D eigenvalue weighted by atomic mass is 16.3. The van der Waals surface area contributed by atoms with Crippen molar-refractivity contribution in [2.45, 2.75) is 26.1 Å². The Bertz CT molecular complexity index is 592. The van der Waals surface area contributed by atoms with Crippen LogP contribution < -0.4 is 4.90 Å². The van der Waals surface area contributed by atoms with Gasteiger partial charge in [0.05, 0.1) is 12.6 Å². The SMILES string of the molecule is CC(O)c1ccc(N2CCn3ccnc3C2)cc1O. The van der Waals surface area contributed by atoms with E-state index in [1.807, 2.05) is 18.5 Å². The van der Waals surface area contributed by atoms with Crippen LogP contribution in [0, 0.1) is 0 Å². The molecule has 0 amide bonds. The summed E-state index contributed by atoms with van der Waals surface area (Å²) in [6.07, 6.45) is 3.14. The second-order valence-corrected chi connectivity index (χ2v) is 4.88. The summed E-state index contributed by atoms with van der Waals surface area (Å²) in [4.78, 5) is 6.49. The van der Waals surface area contributed by atoms with Crippen LogP contribution in [0.15, 0.2) is 30.6 Å². The lowest BCUT2D eigenvalue weighted by Gasteiger charge is -2.30. The molecule has 0 saturated heterocycles. The first-order valence-electron chi connectivity index (χ1n) is 6.41. The van der Waals surface area contributed by atoms with Gasteiger partial charge >= 0.3 is 0 Å². The van der Waals surface area contributed by atoms with E-state index in [0.29, 0.717) is 5.56 Å². The number of aromatic nitrogens is 2. The first-order chi connectivity index (χ1) is 9.15. The highest BCUT2D eigenvalue weighted by molar-refractivity contribution is 5.54.